The van der Waals surface area contributed by atoms with Crippen LogP contribution in [0.3, 0.4) is 0 Å². The number of nitrogens with zero attached hydrogens (tertiary/aromatic N) is 4. The van der Waals surface area contributed by atoms with Crippen molar-refractivity contribution in [2.75, 3.05) is 72.6 Å². The first-order valence-electron chi connectivity index (χ1n) is 11.1. The highest BCUT2D eigenvalue weighted by molar-refractivity contribution is 5.80. The average molecular weight is 395 g/mol. The number of amides is 2. The number of carbonyl (C=O) groups excluding carboxylic acids is 2. The zero-order chi connectivity index (χ0) is 19.9. The molecule has 7 nitrogen and oxygen atoms in total. The molecule has 28 heavy (non-hydrogen) atoms. The quantitative estimate of drug-likeness (QED) is 0.670. The van der Waals surface area contributed by atoms with Crippen molar-refractivity contribution in [3.05, 3.63) is 0 Å². The van der Waals surface area contributed by atoms with Crippen LogP contribution >= 0.6 is 0 Å². The van der Waals surface area contributed by atoms with Gasteiger partial charge in [-0.3, -0.25) is 9.59 Å². The summed E-state index contributed by atoms with van der Waals surface area (Å²) in [6, 6.07) is 0.319. The lowest BCUT2D eigenvalue weighted by molar-refractivity contribution is -0.143. The Balaban J connectivity index is 1.52. The third-order valence-electron chi connectivity index (χ3n) is 6.67. The fourth-order valence-corrected chi connectivity index (χ4v) is 4.68. The third kappa shape index (κ3) is 5.91. The van der Waals surface area contributed by atoms with Gasteiger partial charge >= 0.3 is 0 Å². The smallest absolute Gasteiger partial charge is 0.226 e. The van der Waals surface area contributed by atoms with Crippen molar-refractivity contribution in [3.8, 4) is 0 Å². The molecule has 0 unspecified atom stereocenters. The molecule has 0 radical (unpaired) electrons. The van der Waals surface area contributed by atoms with Gasteiger partial charge in [0, 0.05) is 77.9 Å². The predicted octanol–water partition coefficient (Wildman–Crippen LogP) is 0.890. The van der Waals surface area contributed by atoms with Crippen molar-refractivity contribution >= 4 is 11.8 Å². The second-order valence-corrected chi connectivity index (χ2v) is 8.65. The van der Waals surface area contributed by atoms with Crippen LogP contribution in [0.2, 0.25) is 0 Å². The summed E-state index contributed by atoms with van der Waals surface area (Å²) in [4.78, 5) is 33.9. The van der Waals surface area contributed by atoms with E-state index in [4.69, 9.17) is 4.74 Å². The van der Waals surface area contributed by atoms with Gasteiger partial charge in [0.05, 0.1) is 0 Å². The Morgan fingerprint density at radius 1 is 0.964 bits per heavy atom. The number of piperidine rings is 1. The lowest BCUT2D eigenvalue weighted by Gasteiger charge is -2.39. The van der Waals surface area contributed by atoms with E-state index >= 15 is 0 Å². The van der Waals surface area contributed by atoms with Gasteiger partial charge in [-0.2, -0.15) is 0 Å². The number of likely N-dealkylation sites (N-methyl/N-ethyl adjacent to an activating group) is 1. The van der Waals surface area contributed by atoms with E-state index in [2.05, 4.69) is 21.7 Å². The Labute approximate surface area is 169 Å². The molecule has 0 saturated carbocycles. The highest BCUT2D eigenvalue weighted by Crippen LogP contribution is 2.24. The van der Waals surface area contributed by atoms with Crippen LogP contribution in [0.15, 0.2) is 0 Å². The van der Waals surface area contributed by atoms with Crippen molar-refractivity contribution in [3.63, 3.8) is 0 Å². The van der Waals surface area contributed by atoms with Gasteiger partial charge in [-0.25, -0.2) is 0 Å². The summed E-state index contributed by atoms with van der Waals surface area (Å²) in [6.45, 7) is 11.0. The highest BCUT2D eigenvalue weighted by Gasteiger charge is 2.33. The number of rotatable bonds is 6. The zero-order valence-corrected chi connectivity index (χ0v) is 17.8. The van der Waals surface area contributed by atoms with Crippen molar-refractivity contribution in [2.24, 2.45) is 5.92 Å². The fraction of sp³-hybridized carbons (Fsp3) is 0.905. The molecule has 0 bridgehead atoms. The summed E-state index contributed by atoms with van der Waals surface area (Å²) in [5.74, 6) is 0.509. The van der Waals surface area contributed by atoms with E-state index in [1.54, 1.807) is 6.92 Å². The second-order valence-electron chi connectivity index (χ2n) is 8.65. The number of carbonyl (C=O) groups is 2. The maximum Gasteiger partial charge on any atom is 0.226 e. The van der Waals surface area contributed by atoms with Crippen LogP contribution in [-0.4, -0.2) is 110 Å². The van der Waals surface area contributed by atoms with Crippen molar-refractivity contribution in [2.45, 2.75) is 45.1 Å². The summed E-state index contributed by atoms with van der Waals surface area (Å²) < 4.78 is 5.53. The van der Waals surface area contributed by atoms with Gasteiger partial charge in [-0.1, -0.05) is 0 Å². The Morgan fingerprint density at radius 2 is 1.61 bits per heavy atom. The highest BCUT2D eigenvalue weighted by atomic mass is 16.5. The number of likely N-dealkylation sites (tertiary alicyclic amines) is 1. The summed E-state index contributed by atoms with van der Waals surface area (Å²) in [5.41, 5.74) is 0. The topological polar surface area (TPSA) is 56.3 Å². The molecule has 2 amide bonds. The van der Waals surface area contributed by atoms with Crippen molar-refractivity contribution in [1.29, 1.82) is 0 Å². The molecule has 3 saturated heterocycles. The lowest BCUT2D eigenvalue weighted by atomic mass is 9.93. The molecule has 3 fully saturated rings. The van der Waals surface area contributed by atoms with E-state index < -0.39 is 0 Å². The van der Waals surface area contributed by atoms with E-state index in [1.807, 2.05) is 4.90 Å². The molecule has 3 rings (SSSR count). The Bertz CT molecular complexity index is 508. The Kier molecular flexibility index (Phi) is 8.11. The van der Waals surface area contributed by atoms with E-state index in [0.29, 0.717) is 25.0 Å². The number of hydrogen-bond acceptors (Lipinski definition) is 5. The molecule has 0 aromatic heterocycles. The molecule has 3 heterocycles. The minimum absolute atomic E-state index is 0.0714. The van der Waals surface area contributed by atoms with Crippen LogP contribution in [0.25, 0.3) is 0 Å². The molecule has 3 aliphatic rings. The van der Waals surface area contributed by atoms with Crippen LogP contribution in [0.4, 0.5) is 0 Å². The number of ether oxygens (including phenoxy) is 1. The first-order chi connectivity index (χ1) is 13.5. The maximum atomic E-state index is 13.4. The third-order valence-corrected chi connectivity index (χ3v) is 6.67. The molecule has 0 N–H and O–H groups in total. The van der Waals surface area contributed by atoms with Crippen LogP contribution < -0.4 is 0 Å². The largest absolute Gasteiger partial charge is 0.381 e. The summed E-state index contributed by atoms with van der Waals surface area (Å²) >= 11 is 0. The Hall–Kier alpha value is -1.18. The molecule has 0 aromatic rings. The van der Waals surface area contributed by atoms with E-state index in [1.165, 1.54) is 0 Å². The van der Waals surface area contributed by atoms with Crippen LogP contribution in [0.5, 0.6) is 0 Å². The molecule has 0 aliphatic carbocycles. The first-order valence-corrected chi connectivity index (χ1v) is 11.1. The van der Waals surface area contributed by atoms with Crippen molar-refractivity contribution in [1.82, 2.24) is 19.6 Å². The summed E-state index contributed by atoms with van der Waals surface area (Å²) in [6.07, 6.45) is 4.55. The molecule has 0 atom stereocenters. The van der Waals surface area contributed by atoms with E-state index in [-0.39, 0.29) is 11.8 Å². The molecule has 0 spiro atoms. The van der Waals surface area contributed by atoms with Gasteiger partial charge in [0.2, 0.25) is 11.8 Å². The van der Waals surface area contributed by atoms with E-state index in [0.717, 1.165) is 84.6 Å². The minimum Gasteiger partial charge on any atom is -0.381 e. The van der Waals surface area contributed by atoms with E-state index in [9.17, 15) is 9.59 Å². The molecule has 7 heteroatoms. The van der Waals surface area contributed by atoms with Gasteiger partial charge in [0.25, 0.3) is 0 Å². The van der Waals surface area contributed by atoms with Crippen LogP contribution in [0, 0.1) is 5.92 Å². The molecular weight excluding hydrogens is 356 g/mol. The Morgan fingerprint density at radius 3 is 2.21 bits per heavy atom. The first kappa shape index (κ1) is 21.5. The van der Waals surface area contributed by atoms with Gasteiger partial charge in [0.15, 0.2) is 0 Å². The monoisotopic (exact) mass is 394 g/mol. The fourth-order valence-electron chi connectivity index (χ4n) is 4.68. The molecule has 160 valence electrons. The van der Waals surface area contributed by atoms with Crippen LogP contribution in [0.1, 0.15) is 39.0 Å². The molecule has 0 aromatic carbocycles. The minimum atomic E-state index is 0.0714. The second kappa shape index (κ2) is 10.6. The molecule has 3 aliphatic heterocycles. The maximum absolute atomic E-state index is 13.4. The predicted molar refractivity (Wildman–Crippen MR) is 109 cm³/mol. The summed E-state index contributed by atoms with van der Waals surface area (Å²) in [7, 11) is 2.18. The average Bonchev–Trinajstić information content (AvgIpc) is 2.73. The number of hydrogen-bond donors (Lipinski definition) is 0. The van der Waals surface area contributed by atoms with Gasteiger partial charge in [-0.15, -0.1) is 0 Å². The van der Waals surface area contributed by atoms with Gasteiger partial charge in [0.1, 0.15) is 0 Å². The summed E-state index contributed by atoms with van der Waals surface area (Å²) in [5, 5.41) is 0. The standard InChI is InChI=1S/C21H38N4O3/c1-18(26)24-10-4-19(5-11-24)21(27)25(20-6-16-28-17-7-20)9-3-8-23-14-12-22(2)13-15-23/h19-20H,3-17H2,1-2H3. The lowest BCUT2D eigenvalue weighted by Crippen LogP contribution is -2.50. The number of piperazine rings is 1. The zero-order valence-electron chi connectivity index (χ0n) is 17.8. The van der Waals surface area contributed by atoms with Gasteiger partial charge < -0.3 is 24.3 Å². The molecular formula is C21H38N4O3. The van der Waals surface area contributed by atoms with Crippen molar-refractivity contribution < 1.29 is 14.3 Å². The normalized spacial score (nSPS) is 23.7. The van der Waals surface area contributed by atoms with Crippen LogP contribution in [-0.2, 0) is 14.3 Å². The SMILES string of the molecule is CC(=O)N1CCC(C(=O)N(CCCN2CCN(C)CC2)C2CCOCC2)CC1. The van der Waals surface area contributed by atoms with Gasteiger partial charge in [-0.05, 0) is 45.7 Å².